The number of anilines is 1. The fourth-order valence-corrected chi connectivity index (χ4v) is 2.01. The molecule has 1 aromatic carbocycles. The van der Waals surface area contributed by atoms with E-state index in [1.165, 1.54) is 0 Å². The minimum atomic E-state index is -0.120. The van der Waals surface area contributed by atoms with Gasteiger partial charge in [0.25, 0.3) is 0 Å². The van der Waals surface area contributed by atoms with Crippen molar-refractivity contribution in [1.82, 2.24) is 0 Å². The predicted molar refractivity (Wildman–Crippen MR) is 60.6 cm³/mol. The zero-order chi connectivity index (χ0) is 10.8. The normalized spacial score (nSPS) is 18.2. The van der Waals surface area contributed by atoms with Crippen molar-refractivity contribution in [3.05, 3.63) is 29.6 Å². The summed E-state index contributed by atoms with van der Waals surface area (Å²) in [5, 5.41) is 0. The van der Waals surface area contributed by atoms with Crippen molar-refractivity contribution in [1.29, 1.82) is 0 Å². The van der Waals surface area contributed by atoms with Crippen molar-refractivity contribution in [3.8, 4) is 0 Å². The Balaban J connectivity index is 2.15. The van der Waals surface area contributed by atoms with Crippen LogP contribution in [0.3, 0.4) is 0 Å². The molecule has 0 radical (unpaired) electrons. The Morgan fingerprint density at radius 1 is 1.33 bits per heavy atom. The number of aryl methyl sites for hydroxylation is 1. The van der Waals surface area contributed by atoms with Crippen LogP contribution in [0.2, 0.25) is 0 Å². The van der Waals surface area contributed by atoms with Crippen molar-refractivity contribution in [3.63, 3.8) is 0 Å². The van der Waals surface area contributed by atoms with Crippen LogP contribution in [-0.2, 0) is 0 Å². The number of hydrogen-bond acceptors (Lipinski definition) is 2. The van der Waals surface area contributed by atoms with Crippen molar-refractivity contribution in [2.75, 3.05) is 18.0 Å². The second-order valence-corrected chi connectivity index (χ2v) is 4.28. The molecule has 0 spiro atoms. The molecular formula is C12H17FN2. The second kappa shape index (κ2) is 4.19. The standard InChI is InChI=1S/C12H17FN2/c1-9-2-3-12(11(13)8-9)15-6-4-10(14)5-7-15/h2-3,8,10H,4-7,14H2,1H3. The van der Waals surface area contributed by atoms with Gasteiger partial charge in [0.2, 0.25) is 0 Å². The van der Waals surface area contributed by atoms with Gasteiger partial charge in [0.05, 0.1) is 5.69 Å². The maximum atomic E-state index is 13.7. The number of hydrogen-bond donors (Lipinski definition) is 1. The van der Waals surface area contributed by atoms with E-state index in [1.54, 1.807) is 6.07 Å². The van der Waals surface area contributed by atoms with Gasteiger partial charge in [-0.05, 0) is 37.5 Å². The van der Waals surface area contributed by atoms with Crippen LogP contribution in [0.25, 0.3) is 0 Å². The fourth-order valence-electron chi connectivity index (χ4n) is 2.01. The topological polar surface area (TPSA) is 29.3 Å². The SMILES string of the molecule is Cc1ccc(N2CCC(N)CC2)c(F)c1. The van der Waals surface area contributed by atoms with E-state index in [9.17, 15) is 4.39 Å². The molecule has 1 aromatic rings. The van der Waals surface area contributed by atoms with E-state index < -0.39 is 0 Å². The summed E-state index contributed by atoms with van der Waals surface area (Å²) in [6, 6.07) is 5.69. The van der Waals surface area contributed by atoms with Gasteiger partial charge in [0.15, 0.2) is 0 Å². The lowest BCUT2D eigenvalue weighted by atomic mass is 10.1. The molecule has 2 rings (SSSR count). The van der Waals surface area contributed by atoms with Gasteiger partial charge in [-0.1, -0.05) is 6.07 Å². The molecule has 1 aliphatic rings. The average molecular weight is 208 g/mol. The number of halogens is 1. The highest BCUT2D eigenvalue weighted by Crippen LogP contribution is 2.23. The largest absolute Gasteiger partial charge is 0.369 e. The number of benzene rings is 1. The zero-order valence-electron chi connectivity index (χ0n) is 9.04. The van der Waals surface area contributed by atoms with Gasteiger partial charge in [-0.25, -0.2) is 4.39 Å². The summed E-state index contributed by atoms with van der Waals surface area (Å²) in [5.41, 5.74) is 7.49. The van der Waals surface area contributed by atoms with Gasteiger partial charge in [0, 0.05) is 19.1 Å². The van der Waals surface area contributed by atoms with Crippen LogP contribution in [0.4, 0.5) is 10.1 Å². The molecule has 2 N–H and O–H groups in total. The maximum absolute atomic E-state index is 13.7. The molecule has 0 saturated carbocycles. The van der Waals surface area contributed by atoms with Crippen molar-refractivity contribution in [2.24, 2.45) is 5.73 Å². The summed E-state index contributed by atoms with van der Waals surface area (Å²) in [6.45, 7) is 3.63. The Morgan fingerprint density at radius 3 is 2.60 bits per heavy atom. The summed E-state index contributed by atoms with van der Waals surface area (Å²) < 4.78 is 13.7. The molecule has 0 aliphatic carbocycles. The van der Waals surface area contributed by atoms with E-state index in [0.29, 0.717) is 5.69 Å². The molecule has 0 amide bonds. The average Bonchev–Trinajstić information content (AvgIpc) is 2.20. The molecule has 0 atom stereocenters. The minimum absolute atomic E-state index is 0.120. The molecular weight excluding hydrogens is 191 g/mol. The highest BCUT2D eigenvalue weighted by Gasteiger charge is 2.18. The van der Waals surface area contributed by atoms with E-state index in [1.807, 2.05) is 19.1 Å². The van der Waals surface area contributed by atoms with E-state index in [-0.39, 0.29) is 11.9 Å². The van der Waals surface area contributed by atoms with Gasteiger partial charge in [-0.2, -0.15) is 0 Å². The van der Waals surface area contributed by atoms with E-state index in [2.05, 4.69) is 4.90 Å². The van der Waals surface area contributed by atoms with Crippen LogP contribution >= 0.6 is 0 Å². The molecule has 2 nitrogen and oxygen atoms in total. The fraction of sp³-hybridized carbons (Fsp3) is 0.500. The summed E-state index contributed by atoms with van der Waals surface area (Å²) >= 11 is 0. The monoisotopic (exact) mass is 208 g/mol. The van der Waals surface area contributed by atoms with Gasteiger partial charge >= 0.3 is 0 Å². The Hall–Kier alpha value is -1.09. The molecule has 15 heavy (non-hydrogen) atoms. The third-order valence-corrected chi connectivity index (χ3v) is 2.98. The number of nitrogens with two attached hydrogens (primary N) is 1. The molecule has 0 bridgehead atoms. The van der Waals surface area contributed by atoms with E-state index >= 15 is 0 Å². The van der Waals surface area contributed by atoms with Crippen LogP contribution in [0.15, 0.2) is 18.2 Å². The Kier molecular flexibility index (Phi) is 2.91. The van der Waals surface area contributed by atoms with E-state index in [4.69, 9.17) is 5.73 Å². The Morgan fingerprint density at radius 2 is 2.00 bits per heavy atom. The van der Waals surface area contributed by atoms with Gasteiger partial charge in [-0.3, -0.25) is 0 Å². The molecule has 82 valence electrons. The van der Waals surface area contributed by atoms with Crippen molar-refractivity contribution >= 4 is 5.69 Å². The molecule has 0 unspecified atom stereocenters. The first-order chi connectivity index (χ1) is 7.16. The van der Waals surface area contributed by atoms with E-state index in [0.717, 1.165) is 31.5 Å². The third kappa shape index (κ3) is 2.29. The quantitative estimate of drug-likeness (QED) is 0.765. The molecule has 0 aromatic heterocycles. The Bertz CT molecular complexity index is 343. The van der Waals surface area contributed by atoms with Crippen molar-refractivity contribution < 1.29 is 4.39 Å². The molecule has 1 fully saturated rings. The highest BCUT2D eigenvalue weighted by molar-refractivity contribution is 5.49. The predicted octanol–water partition coefficient (Wildman–Crippen LogP) is 2.06. The summed E-state index contributed by atoms with van der Waals surface area (Å²) in [5.74, 6) is -0.120. The first kappa shape index (κ1) is 10.4. The lowest BCUT2D eigenvalue weighted by Crippen LogP contribution is -2.40. The van der Waals surface area contributed by atoms with Crippen LogP contribution in [0.5, 0.6) is 0 Å². The second-order valence-electron chi connectivity index (χ2n) is 4.28. The summed E-state index contributed by atoms with van der Waals surface area (Å²) in [6.07, 6.45) is 1.90. The first-order valence-electron chi connectivity index (χ1n) is 5.43. The maximum Gasteiger partial charge on any atom is 0.146 e. The number of rotatable bonds is 1. The van der Waals surface area contributed by atoms with Gasteiger partial charge in [0.1, 0.15) is 5.82 Å². The van der Waals surface area contributed by atoms with Gasteiger partial charge in [-0.15, -0.1) is 0 Å². The van der Waals surface area contributed by atoms with Crippen LogP contribution in [0, 0.1) is 12.7 Å². The summed E-state index contributed by atoms with van der Waals surface area (Å²) in [7, 11) is 0. The van der Waals surface area contributed by atoms with Gasteiger partial charge < -0.3 is 10.6 Å². The molecule has 1 heterocycles. The zero-order valence-corrected chi connectivity index (χ0v) is 9.04. The van der Waals surface area contributed by atoms with Crippen molar-refractivity contribution in [2.45, 2.75) is 25.8 Å². The van der Waals surface area contributed by atoms with Crippen LogP contribution in [-0.4, -0.2) is 19.1 Å². The summed E-state index contributed by atoms with van der Waals surface area (Å²) in [4.78, 5) is 2.08. The smallest absolute Gasteiger partial charge is 0.146 e. The number of piperidine rings is 1. The minimum Gasteiger partial charge on any atom is -0.369 e. The lowest BCUT2D eigenvalue weighted by Gasteiger charge is -2.32. The third-order valence-electron chi connectivity index (χ3n) is 2.98. The lowest BCUT2D eigenvalue weighted by molar-refractivity contribution is 0.494. The molecule has 1 aliphatic heterocycles. The number of nitrogens with zero attached hydrogens (tertiary/aromatic N) is 1. The molecule has 1 saturated heterocycles. The molecule has 3 heteroatoms. The highest BCUT2D eigenvalue weighted by atomic mass is 19.1. The van der Waals surface area contributed by atoms with Crippen LogP contribution in [0.1, 0.15) is 18.4 Å². The Labute approximate surface area is 89.9 Å². The first-order valence-corrected chi connectivity index (χ1v) is 5.43. The van der Waals surface area contributed by atoms with Crippen LogP contribution < -0.4 is 10.6 Å².